The summed E-state index contributed by atoms with van der Waals surface area (Å²) in [7, 11) is 3.81. The zero-order valence-corrected chi connectivity index (χ0v) is 19.7. The van der Waals surface area contributed by atoms with Crippen molar-refractivity contribution in [2.75, 3.05) is 23.9 Å². The van der Waals surface area contributed by atoms with Gasteiger partial charge < -0.3 is 9.80 Å². The van der Waals surface area contributed by atoms with Gasteiger partial charge in [0, 0.05) is 48.1 Å². The van der Waals surface area contributed by atoms with E-state index in [0.717, 1.165) is 16.9 Å². The van der Waals surface area contributed by atoms with E-state index in [1.165, 1.54) is 24.3 Å². The van der Waals surface area contributed by atoms with E-state index in [2.05, 4.69) is 0 Å². The standard InChI is InChI=1S/C27H24N4O5/c1-28(2)20-13-10-18(11-14-20)24-25(31(35)36)23-15-12-17-6-3-4-9-22(17)29(23)26(24)27(32)19-7-5-8-21(16-19)30(33)34/h3-16,23-26H,1-2H3/t23-,24-,25-,26-/m0/s1. The van der Waals surface area contributed by atoms with Crippen LogP contribution in [0.5, 0.6) is 0 Å². The molecule has 1 fully saturated rings. The Bertz CT molecular complexity index is 1380. The fourth-order valence-corrected chi connectivity index (χ4v) is 5.37. The molecular weight excluding hydrogens is 460 g/mol. The molecule has 5 rings (SSSR count). The van der Waals surface area contributed by atoms with Crippen LogP contribution >= 0.6 is 0 Å². The van der Waals surface area contributed by atoms with Crippen molar-refractivity contribution in [3.8, 4) is 0 Å². The minimum absolute atomic E-state index is 0.152. The summed E-state index contributed by atoms with van der Waals surface area (Å²) in [6.45, 7) is 0. The Balaban J connectivity index is 1.70. The number of rotatable bonds is 6. The second-order valence-electron chi connectivity index (χ2n) is 9.22. The van der Waals surface area contributed by atoms with Gasteiger partial charge in [-0.3, -0.25) is 25.0 Å². The average molecular weight is 485 g/mol. The third-order valence-electron chi connectivity index (χ3n) is 7.01. The van der Waals surface area contributed by atoms with Crippen LogP contribution in [0.1, 0.15) is 27.4 Å². The molecule has 0 N–H and O–H groups in total. The van der Waals surface area contributed by atoms with Crippen LogP contribution in [0.15, 0.2) is 78.9 Å². The SMILES string of the molecule is CN(C)c1ccc([C@H]2[C@@H]([N+](=O)[O-])[C@@H]3C=Cc4ccccc4N3[C@@H]2C(=O)c2cccc([N+](=O)[O-])c2)cc1. The fraction of sp³-hybridized carbons (Fsp3) is 0.222. The Morgan fingerprint density at radius 2 is 1.67 bits per heavy atom. The number of hydrogen-bond acceptors (Lipinski definition) is 7. The molecule has 182 valence electrons. The normalized spacial score (nSPS) is 22.0. The molecule has 0 bridgehead atoms. The van der Waals surface area contributed by atoms with Gasteiger partial charge in [-0.1, -0.05) is 54.6 Å². The molecule has 2 aliphatic rings. The molecule has 9 heteroatoms. The quantitative estimate of drug-likeness (QED) is 0.287. The molecule has 0 amide bonds. The van der Waals surface area contributed by atoms with Crippen LogP contribution in [0.4, 0.5) is 17.1 Å². The number of carbonyl (C=O) groups excluding carboxylic acids is 1. The Hall–Kier alpha value is -4.53. The predicted molar refractivity (Wildman–Crippen MR) is 137 cm³/mol. The zero-order valence-electron chi connectivity index (χ0n) is 19.7. The number of nitro groups is 2. The molecule has 0 aromatic heterocycles. The molecule has 3 aromatic carbocycles. The van der Waals surface area contributed by atoms with Gasteiger partial charge in [0.1, 0.15) is 12.1 Å². The van der Waals surface area contributed by atoms with Crippen LogP contribution in [0.25, 0.3) is 6.08 Å². The molecule has 2 aliphatic heterocycles. The second kappa shape index (κ2) is 8.92. The maximum atomic E-state index is 14.1. The number of benzene rings is 3. The number of anilines is 2. The fourth-order valence-electron chi connectivity index (χ4n) is 5.37. The van der Waals surface area contributed by atoms with Crippen LogP contribution in [0.2, 0.25) is 0 Å². The van der Waals surface area contributed by atoms with Crippen molar-refractivity contribution in [1.29, 1.82) is 0 Å². The van der Waals surface area contributed by atoms with Crippen LogP contribution in [-0.2, 0) is 0 Å². The summed E-state index contributed by atoms with van der Waals surface area (Å²) in [6.07, 6.45) is 3.65. The van der Waals surface area contributed by atoms with Gasteiger partial charge in [-0.15, -0.1) is 0 Å². The smallest absolute Gasteiger partial charge is 0.270 e. The number of hydrogen-bond donors (Lipinski definition) is 0. The molecule has 36 heavy (non-hydrogen) atoms. The van der Waals surface area contributed by atoms with Gasteiger partial charge in [0.15, 0.2) is 5.78 Å². The second-order valence-corrected chi connectivity index (χ2v) is 9.22. The molecule has 0 radical (unpaired) electrons. The summed E-state index contributed by atoms with van der Waals surface area (Å²) in [4.78, 5) is 40.9. The molecule has 0 aliphatic carbocycles. The first-order valence-corrected chi connectivity index (χ1v) is 11.5. The lowest BCUT2D eigenvalue weighted by atomic mass is 9.83. The molecule has 1 saturated heterocycles. The number of para-hydroxylation sites is 1. The van der Waals surface area contributed by atoms with Crippen LogP contribution in [-0.4, -0.2) is 47.9 Å². The first-order valence-electron chi connectivity index (χ1n) is 11.5. The van der Waals surface area contributed by atoms with E-state index in [1.807, 2.05) is 78.5 Å². The largest absolute Gasteiger partial charge is 0.378 e. The third kappa shape index (κ3) is 3.78. The molecule has 0 unspecified atom stereocenters. The van der Waals surface area contributed by atoms with E-state index >= 15 is 0 Å². The van der Waals surface area contributed by atoms with Crippen LogP contribution in [0, 0.1) is 20.2 Å². The number of Topliss-reactive ketones (excluding diaryl/α,β-unsaturated/α-hetero) is 1. The summed E-state index contributed by atoms with van der Waals surface area (Å²) in [6, 6.07) is 17.8. The molecule has 0 spiro atoms. The van der Waals surface area contributed by atoms with E-state index < -0.39 is 29.0 Å². The number of nitrogens with zero attached hydrogens (tertiary/aromatic N) is 4. The predicted octanol–water partition coefficient (Wildman–Crippen LogP) is 4.56. The highest BCUT2D eigenvalue weighted by molar-refractivity contribution is 6.04. The summed E-state index contributed by atoms with van der Waals surface area (Å²) >= 11 is 0. The van der Waals surface area contributed by atoms with E-state index in [0.29, 0.717) is 5.56 Å². The minimum Gasteiger partial charge on any atom is -0.378 e. The lowest BCUT2D eigenvalue weighted by molar-refractivity contribution is -0.524. The molecule has 2 heterocycles. The highest BCUT2D eigenvalue weighted by atomic mass is 16.6. The Kier molecular flexibility index (Phi) is 5.75. The number of carbonyl (C=O) groups is 1. The van der Waals surface area contributed by atoms with Crippen molar-refractivity contribution >= 4 is 28.9 Å². The van der Waals surface area contributed by atoms with Crippen LogP contribution in [0.3, 0.4) is 0 Å². The first kappa shape index (κ1) is 23.2. The lowest BCUT2D eigenvalue weighted by Crippen LogP contribution is -2.44. The van der Waals surface area contributed by atoms with Gasteiger partial charge in [-0.05, 0) is 29.3 Å². The van der Waals surface area contributed by atoms with Gasteiger partial charge >= 0.3 is 0 Å². The van der Waals surface area contributed by atoms with Gasteiger partial charge in [0.25, 0.3) is 5.69 Å². The molecule has 0 saturated carbocycles. The summed E-state index contributed by atoms with van der Waals surface area (Å²) in [5.74, 6) is -1.16. The Morgan fingerprint density at radius 1 is 0.944 bits per heavy atom. The maximum Gasteiger partial charge on any atom is 0.270 e. The van der Waals surface area contributed by atoms with Gasteiger partial charge in [-0.2, -0.15) is 0 Å². The Morgan fingerprint density at radius 3 is 2.33 bits per heavy atom. The third-order valence-corrected chi connectivity index (χ3v) is 7.01. The van der Waals surface area contributed by atoms with E-state index in [1.54, 1.807) is 6.08 Å². The molecule has 3 aromatic rings. The zero-order chi connectivity index (χ0) is 25.6. The van der Waals surface area contributed by atoms with Crippen molar-refractivity contribution in [1.82, 2.24) is 0 Å². The van der Waals surface area contributed by atoms with Crippen molar-refractivity contribution in [3.05, 3.63) is 116 Å². The van der Waals surface area contributed by atoms with E-state index in [-0.39, 0.29) is 22.0 Å². The highest BCUT2D eigenvalue weighted by Gasteiger charge is 2.59. The lowest BCUT2D eigenvalue weighted by Gasteiger charge is -2.34. The number of nitro benzene ring substituents is 1. The van der Waals surface area contributed by atoms with Crippen molar-refractivity contribution in [2.24, 2.45) is 0 Å². The molecule has 9 nitrogen and oxygen atoms in total. The highest BCUT2D eigenvalue weighted by Crippen LogP contribution is 2.47. The summed E-state index contributed by atoms with van der Waals surface area (Å²) < 4.78 is 0. The van der Waals surface area contributed by atoms with Crippen molar-refractivity contribution in [2.45, 2.75) is 24.0 Å². The van der Waals surface area contributed by atoms with Gasteiger partial charge in [0.05, 0.1) is 10.8 Å². The van der Waals surface area contributed by atoms with Gasteiger partial charge in [-0.25, -0.2) is 0 Å². The first-order chi connectivity index (χ1) is 17.3. The number of ketones is 1. The monoisotopic (exact) mass is 484 g/mol. The van der Waals surface area contributed by atoms with Crippen molar-refractivity contribution < 1.29 is 14.6 Å². The Labute approximate surface area is 207 Å². The molecule has 4 atom stereocenters. The average Bonchev–Trinajstić information content (AvgIpc) is 3.24. The van der Waals surface area contributed by atoms with Gasteiger partial charge in [0.2, 0.25) is 6.04 Å². The van der Waals surface area contributed by atoms with Crippen molar-refractivity contribution in [3.63, 3.8) is 0 Å². The van der Waals surface area contributed by atoms with Crippen LogP contribution < -0.4 is 9.80 Å². The molecular formula is C27H24N4O5. The number of fused-ring (bicyclic) bond motifs is 3. The minimum atomic E-state index is -1.09. The summed E-state index contributed by atoms with van der Waals surface area (Å²) in [5.41, 5.74) is 3.14. The summed E-state index contributed by atoms with van der Waals surface area (Å²) in [5, 5.41) is 23.9. The number of non-ortho nitro benzene ring substituents is 1. The van der Waals surface area contributed by atoms with E-state index in [9.17, 15) is 25.0 Å². The maximum absolute atomic E-state index is 14.1. The topological polar surface area (TPSA) is 110 Å². The van der Waals surface area contributed by atoms with E-state index in [4.69, 9.17) is 0 Å².